The highest BCUT2D eigenvalue weighted by Gasteiger charge is 1.99. The van der Waals surface area contributed by atoms with Crippen LogP contribution in [0.3, 0.4) is 0 Å². The second-order valence-corrected chi connectivity index (χ2v) is 3.54. The predicted octanol–water partition coefficient (Wildman–Crippen LogP) is 2.72. The summed E-state index contributed by atoms with van der Waals surface area (Å²) in [6, 6.07) is 1.68. The molecule has 1 aromatic rings. The fraction of sp³-hybridized carbons (Fsp3) is 0.545. The molecular weight excluding hydrogens is 190 g/mol. The standard InChI is InChI=1S/C11H19N3O/c1-2-3-4-5-7-13-11(15)14-10-6-8-12-9-10/h6,8-9,12H,2-5,7H2,1H3,(H2,13,14,15). The predicted molar refractivity (Wildman–Crippen MR) is 62.0 cm³/mol. The first-order valence-electron chi connectivity index (χ1n) is 5.50. The average molecular weight is 209 g/mol. The molecule has 84 valence electrons. The van der Waals surface area contributed by atoms with Crippen LogP contribution in [0.1, 0.15) is 32.6 Å². The van der Waals surface area contributed by atoms with Gasteiger partial charge < -0.3 is 15.6 Å². The van der Waals surface area contributed by atoms with Gasteiger partial charge in [-0.1, -0.05) is 26.2 Å². The Bertz CT molecular complexity index is 269. The number of carbonyl (C=O) groups excluding carboxylic acids is 1. The van der Waals surface area contributed by atoms with Crippen molar-refractivity contribution in [1.82, 2.24) is 10.3 Å². The van der Waals surface area contributed by atoms with Gasteiger partial charge in [0.25, 0.3) is 0 Å². The quantitative estimate of drug-likeness (QED) is 0.620. The van der Waals surface area contributed by atoms with Crippen LogP contribution in [0.5, 0.6) is 0 Å². The van der Waals surface area contributed by atoms with Crippen LogP contribution in [0.25, 0.3) is 0 Å². The smallest absolute Gasteiger partial charge is 0.319 e. The molecule has 0 aromatic carbocycles. The van der Waals surface area contributed by atoms with Gasteiger partial charge in [0.15, 0.2) is 0 Å². The van der Waals surface area contributed by atoms with Gasteiger partial charge in [-0.25, -0.2) is 4.79 Å². The van der Waals surface area contributed by atoms with E-state index in [4.69, 9.17) is 0 Å². The van der Waals surface area contributed by atoms with E-state index >= 15 is 0 Å². The highest BCUT2D eigenvalue weighted by molar-refractivity contribution is 5.88. The van der Waals surface area contributed by atoms with Gasteiger partial charge in [-0.05, 0) is 12.5 Å². The summed E-state index contributed by atoms with van der Waals surface area (Å²) in [5.74, 6) is 0. The summed E-state index contributed by atoms with van der Waals surface area (Å²) in [5.41, 5.74) is 0.793. The van der Waals surface area contributed by atoms with Crippen molar-refractivity contribution in [2.75, 3.05) is 11.9 Å². The van der Waals surface area contributed by atoms with Gasteiger partial charge in [0.1, 0.15) is 0 Å². The molecule has 0 saturated heterocycles. The van der Waals surface area contributed by atoms with Gasteiger partial charge in [-0.2, -0.15) is 0 Å². The van der Waals surface area contributed by atoms with E-state index in [1.54, 1.807) is 12.4 Å². The lowest BCUT2D eigenvalue weighted by Crippen LogP contribution is -2.29. The minimum absolute atomic E-state index is 0.133. The van der Waals surface area contributed by atoms with Crippen LogP contribution in [-0.4, -0.2) is 17.6 Å². The van der Waals surface area contributed by atoms with Crippen molar-refractivity contribution in [3.05, 3.63) is 18.5 Å². The third kappa shape index (κ3) is 5.10. The zero-order valence-corrected chi connectivity index (χ0v) is 9.18. The Kier molecular flexibility index (Phi) is 5.37. The maximum absolute atomic E-state index is 11.3. The lowest BCUT2D eigenvalue weighted by atomic mass is 10.2. The van der Waals surface area contributed by atoms with Crippen LogP contribution in [0.2, 0.25) is 0 Å². The average Bonchev–Trinajstić information content (AvgIpc) is 2.70. The van der Waals surface area contributed by atoms with Gasteiger partial charge in [-0.3, -0.25) is 0 Å². The number of amides is 2. The Morgan fingerprint density at radius 3 is 2.93 bits per heavy atom. The van der Waals surface area contributed by atoms with Crippen LogP contribution >= 0.6 is 0 Å². The second-order valence-electron chi connectivity index (χ2n) is 3.54. The molecule has 0 aliphatic rings. The topological polar surface area (TPSA) is 56.9 Å². The van der Waals surface area contributed by atoms with Crippen molar-refractivity contribution < 1.29 is 4.79 Å². The first kappa shape index (κ1) is 11.6. The van der Waals surface area contributed by atoms with Crippen molar-refractivity contribution in [3.8, 4) is 0 Å². The van der Waals surface area contributed by atoms with E-state index < -0.39 is 0 Å². The molecule has 0 radical (unpaired) electrons. The molecule has 4 nitrogen and oxygen atoms in total. The van der Waals surface area contributed by atoms with E-state index in [0.29, 0.717) is 0 Å². The molecule has 0 fully saturated rings. The van der Waals surface area contributed by atoms with Crippen molar-refractivity contribution in [3.63, 3.8) is 0 Å². The molecule has 0 aliphatic carbocycles. The number of unbranched alkanes of at least 4 members (excludes halogenated alkanes) is 3. The zero-order valence-electron chi connectivity index (χ0n) is 9.18. The van der Waals surface area contributed by atoms with Crippen LogP contribution in [0.15, 0.2) is 18.5 Å². The normalized spacial score (nSPS) is 9.93. The fourth-order valence-corrected chi connectivity index (χ4v) is 1.33. The number of rotatable bonds is 6. The van der Waals surface area contributed by atoms with E-state index in [0.717, 1.165) is 18.7 Å². The number of carbonyl (C=O) groups is 1. The Labute approximate surface area is 90.5 Å². The molecule has 0 spiro atoms. The number of urea groups is 1. The summed E-state index contributed by atoms with van der Waals surface area (Å²) >= 11 is 0. The number of hydrogen-bond donors (Lipinski definition) is 3. The molecule has 15 heavy (non-hydrogen) atoms. The molecule has 0 atom stereocenters. The monoisotopic (exact) mass is 209 g/mol. The van der Waals surface area contributed by atoms with Crippen LogP contribution < -0.4 is 10.6 Å². The lowest BCUT2D eigenvalue weighted by Gasteiger charge is -2.05. The van der Waals surface area contributed by atoms with E-state index in [2.05, 4.69) is 22.5 Å². The molecule has 0 bridgehead atoms. The number of anilines is 1. The third-order valence-corrected chi connectivity index (χ3v) is 2.17. The molecule has 0 saturated carbocycles. The van der Waals surface area contributed by atoms with Gasteiger partial charge in [0, 0.05) is 18.9 Å². The Balaban J connectivity index is 2.04. The van der Waals surface area contributed by atoms with Gasteiger partial charge in [-0.15, -0.1) is 0 Å². The molecular formula is C11H19N3O. The number of hydrogen-bond acceptors (Lipinski definition) is 1. The molecule has 4 heteroatoms. The summed E-state index contributed by atoms with van der Waals surface area (Å²) < 4.78 is 0. The Morgan fingerprint density at radius 1 is 1.40 bits per heavy atom. The summed E-state index contributed by atoms with van der Waals surface area (Å²) in [4.78, 5) is 14.2. The molecule has 0 unspecified atom stereocenters. The molecule has 1 heterocycles. The number of nitrogens with one attached hydrogen (secondary N) is 3. The third-order valence-electron chi connectivity index (χ3n) is 2.17. The number of H-pyrrole nitrogens is 1. The van der Waals surface area contributed by atoms with Crippen molar-refractivity contribution in [1.29, 1.82) is 0 Å². The van der Waals surface area contributed by atoms with Crippen LogP contribution in [0, 0.1) is 0 Å². The first-order chi connectivity index (χ1) is 7.33. The number of aromatic amines is 1. The maximum atomic E-state index is 11.3. The first-order valence-corrected chi connectivity index (χ1v) is 5.50. The van der Waals surface area contributed by atoms with Crippen molar-refractivity contribution in [2.24, 2.45) is 0 Å². The van der Waals surface area contributed by atoms with Crippen LogP contribution in [0.4, 0.5) is 10.5 Å². The SMILES string of the molecule is CCCCCCNC(=O)Nc1cc[nH]c1. The minimum Gasteiger partial charge on any atom is -0.366 e. The zero-order chi connectivity index (χ0) is 10.9. The largest absolute Gasteiger partial charge is 0.366 e. The molecule has 3 N–H and O–H groups in total. The summed E-state index contributed by atoms with van der Waals surface area (Å²) in [5, 5.41) is 5.55. The maximum Gasteiger partial charge on any atom is 0.319 e. The highest BCUT2D eigenvalue weighted by atomic mass is 16.2. The van der Waals surface area contributed by atoms with E-state index in [1.165, 1.54) is 19.3 Å². The molecule has 1 rings (SSSR count). The minimum atomic E-state index is -0.133. The summed E-state index contributed by atoms with van der Waals surface area (Å²) in [6.45, 7) is 2.92. The lowest BCUT2D eigenvalue weighted by molar-refractivity contribution is 0.252. The van der Waals surface area contributed by atoms with E-state index in [-0.39, 0.29) is 6.03 Å². The summed E-state index contributed by atoms with van der Waals surface area (Å²) in [7, 11) is 0. The molecule has 1 aromatic heterocycles. The van der Waals surface area contributed by atoms with Gasteiger partial charge >= 0.3 is 6.03 Å². The fourth-order valence-electron chi connectivity index (χ4n) is 1.33. The van der Waals surface area contributed by atoms with Crippen molar-refractivity contribution >= 4 is 11.7 Å². The Hall–Kier alpha value is -1.45. The Morgan fingerprint density at radius 2 is 2.27 bits per heavy atom. The van der Waals surface area contributed by atoms with E-state index in [1.807, 2.05) is 6.07 Å². The molecule has 0 aliphatic heterocycles. The number of aromatic nitrogens is 1. The van der Waals surface area contributed by atoms with Gasteiger partial charge in [0.2, 0.25) is 0 Å². The van der Waals surface area contributed by atoms with Crippen molar-refractivity contribution in [2.45, 2.75) is 32.6 Å². The summed E-state index contributed by atoms with van der Waals surface area (Å²) in [6.07, 6.45) is 8.21. The second kappa shape index (κ2) is 6.92. The highest BCUT2D eigenvalue weighted by Crippen LogP contribution is 2.02. The van der Waals surface area contributed by atoms with Crippen LogP contribution in [-0.2, 0) is 0 Å². The van der Waals surface area contributed by atoms with Gasteiger partial charge in [0.05, 0.1) is 5.69 Å². The molecule has 2 amide bonds. The van der Waals surface area contributed by atoms with E-state index in [9.17, 15) is 4.79 Å².